The Morgan fingerprint density at radius 1 is 1.03 bits per heavy atom. The summed E-state index contributed by atoms with van der Waals surface area (Å²) in [6.45, 7) is 6.16. The number of hydrogen-bond acceptors (Lipinski definition) is 4. The Labute approximate surface area is 178 Å². The van der Waals surface area contributed by atoms with E-state index in [-0.39, 0.29) is 12.1 Å². The minimum atomic E-state index is -0.397. The molecule has 0 saturated heterocycles. The van der Waals surface area contributed by atoms with Gasteiger partial charge in [-0.15, -0.1) is 11.3 Å². The number of rotatable bonds is 4. The molecule has 30 heavy (non-hydrogen) atoms. The Morgan fingerprint density at radius 3 is 2.40 bits per heavy atom. The molecule has 0 fully saturated rings. The van der Waals surface area contributed by atoms with Crippen molar-refractivity contribution in [3.8, 4) is 11.8 Å². The molecule has 0 radical (unpaired) electrons. The van der Waals surface area contributed by atoms with Gasteiger partial charge < -0.3 is 0 Å². The molecule has 150 valence electrons. The van der Waals surface area contributed by atoms with Gasteiger partial charge in [-0.25, -0.2) is 9.36 Å². The number of nitrogens with zero attached hydrogens (tertiary/aromatic N) is 3. The van der Waals surface area contributed by atoms with Gasteiger partial charge in [-0.05, 0) is 55.2 Å². The fraction of sp³-hybridized carbons (Fsp3) is 0.208. The molecule has 6 heteroatoms. The van der Waals surface area contributed by atoms with E-state index in [1.54, 1.807) is 16.7 Å². The lowest BCUT2D eigenvalue weighted by Crippen LogP contribution is -2.39. The maximum absolute atomic E-state index is 13.5. The van der Waals surface area contributed by atoms with E-state index >= 15 is 0 Å². The molecule has 4 rings (SSSR count). The third-order valence-corrected chi connectivity index (χ3v) is 6.75. The van der Waals surface area contributed by atoms with Crippen LogP contribution < -0.4 is 11.2 Å². The van der Waals surface area contributed by atoms with E-state index in [4.69, 9.17) is 0 Å². The lowest BCUT2D eigenvalue weighted by atomic mass is 10.1. The summed E-state index contributed by atoms with van der Waals surface area (Å²) in [5.41, 5.74) is 3.15. The van der Waals surface area contributed by atoms with Crippen molar-refractivity contribution in [2.24, 2.45) is 0 Å². The van der Waals surface area contributed by atoms with E-state index in [1.807, 2.05) is 50.2 Å². The third-order valence-electron chi connectivity index (χ3n) is 5.52. The summed E-state index contributed by atoms with van der Waals surface area (Å²) in [4.78, 5) is 28.6. The third kappa shape index (κ3) is 3.17. The fourth-order valence-corrected chi connectivity index (χ4v) is 4.78. The molecule has 5 nitrogen and oxygen atoms in total. The van der Waals surface area contributed by atoms with Crippen LogP contribution in [0.25, 0.3) is 15.9 Å². The van der Waals surface area contributed by atoms with Crippen LogP contribution in [0.5, 0.6) is 0 Å². The average molecular weight is 416 g/mol. The molecule has 0 unspecified atom stereocenters. The summed E-state index contributed by atoms with van der Waals surface area (Å²) >= 11 is 1.44. The molecule has 2 heterocycles. The Kier molecular flexibility index (Phi) is 5.15. The smallest absolute Gasteiger partial charge is 0.279 e. The summed E-state index contributed by atoms with van der Waals surface area (Å²) in [6.07, 6.45) is 0.881. The second-order valence-electron chi connectivity index (χ2n) is 7.26. The molecule has 0 bridgehead atoms. The Hall–Kier alpha value is -3.43. The molecule has 4 aromatic rings. The van der Waals surface area contributed by atoms with Crippen LogP contribution in [0.1, 0.15) is 34.1 Å². The van der Waals surface area contributed by atoms with E-state index in [0.717, 1.165) is 28.0 Å². The Morgan fingerprint density at radius 2 is 1.73 bits per heavy atom. The second-order valence-corrected chi connectivity index (χ2v) is 8.46. The summed E-state index contributed by atoms with van der Waals surface area (Å²) < 4.78 is 2.86. The van der Waals surface area contributed by atoms with Crippen molar-refractivity contribution < 1.29 is 0 Å². The van der Waals surface area contributed by atoms with Crippen molar-refractivity contribution in [2.75, 3.05) is 0 Å². The van der Waals surface area contributed by atoms with Gasteiger partial charge in [0.1, 0.15) is 4.83 Å². The minimum Gasteiger partial charge on any atom is -0.279 e. The maximum atomic E-state index is 13.5. The van der Waals surface area contributed by atoms with Gasteiger partial charge >= 0.3 is 5.69 Å². The van der Waals surface area contributed by atoms with Crippen LogP contribution in [-0.2, 0) is 13.0 Å². The number of hydrogen-bond donors (Lipinski definition) is 0. The molecular formula is C24H21N3O2S. The normalized spacial score (nSPS) is 11.0. The van der Waals surface area contributed by atoms with Gasteiger partial charge in [0.05, 0.1) is 29.3 Å². The van der Waals surface area contributed by atoms with Crippen molar-refractivity contribution in [1.82, 2.24) is 9.13 Å². The number of nitriles is 1. The molecule has 0 N–H and O–H groups in total. The summed E-state index contributed by atoms with van der Waals surface area (Å²) in [5.74, 6) is 0. The highest BCUT2D eigenvalue weighted by molar-refractivity contribution is 7.18. The van der Waals surface area contributed by atoms with Crippen molar-refractivity contribution in [1.29, 1.82) is 5.26 Å². The first-order chi connectivity index (χ1) is 14.5. The van der Waals surface area contributed by atoms with Crippen LogP contribution in [0.15, 0.2) is 58.1 Å². The molecule has 2 aromatic carbocycles. The predicted octanol–water partition coefficient (Wildman–Crippen LogP) is 4.31. The van der Waals surface area contributed by atoms with E-state index in [2.05, 4.69) is 13.0 Å². The van der Waals surface area contributed by atoms with Crippen LogP contribution in [0, 0.1) is 25.2 Å². The van der Waals surface area contributed by atoms with E-state index in [0.29, 0.717) is 21.5 Å². The lowest BCUT2D eigenvalue weighted by molar-refractivity contribution is 0.718. The van der Waals surface area contributed by atoms with Gasteiger partial charge in [-0.3, -0.25) is 9.36 Å². The van der Waals surface area contributed by atoms with Gasteiger partial charge in [0.15, 0.2) is 0 Å². The minimum absolute atomic E-state index is 0.228. The van der Waals surface area contributed by atoms with Gasteiger partial charge in [0, 0.05) is 4.88 Å². The predicted molar refractivity (Wildman–Crippen MR) is 121 cm³/mol. The molecule has 0 aliphatic rings. The molecule has 0 amide bonds. The molecule has 0 aliphatic heterocycles. The van der Waals surface area contributed by atoms with Gasteiger partial charge in [-0.1, -0.05) is 37.3 Å². The van der Waals surface area contributed by atoms with Crippen molar-refractivity contribution in [3.63, 3.8) is 0 Å². The zero-order chi connectivity index (χ0) is 21.4. The SMILES string of the molecule is CCc1ccc(-n2c(=O)c3c(C)c(C)sc3n(Cc3ccccc3C#N)c2=O)cc1. The Balaban J connectivity index is 2.04. The molecule has 0 aliphatic carbocycles. The number of thiophene rings is 1. The molecule has 0 atom stereocenters. The largest absolute Gasteiger partial charge is 0.337 e. The lowest BCUT2D eigenvalue weighted by Gasteiger charge is -2.13. The quantitative estimate of drug-likeness (QED) is 0.499. The second kappa shape index (κ2) is 7.77. The zero-order valence-corrected chi connectivity index (χ0v) is 17.9. The first-order valence-electron chi connectivity index (χ1n) is 9.79. The number of aromatic nitrogens is 2. The zero-order valence-electron chi connectivity index (χ0n) is 17.1. The summed E-state index contributed by atoms with van der Waals surface area (Å²) in [6, 6.07) is 16.9. The topological polar surface area (TPSA) is 67.8 Å². The molecular weight excluding hydrogens is 394 g/mol. The maximum Gasteiger partial charge on any atom is 0.337 e. The highest BCUT2D eigenvalue weighted by Crippen LogP contribution is 2.28. The van der Waals surface area contributed by atoms with Crippen LogP contribution >= 0.6 is 11.3 Å². The first kappa shape index (κ1) is 19.9. The number of aryl methyl sites for hydroxylation is 3. The highest BCUT2D eigenvalue weighted by Gasteiger charge is 2.20. The molecule has 0 spiro atoms. The average Bonchev–Trinajstić information content (AvgIpc) is 3.06. The van der Waals surface area contributed by atoms with Gasteiger partial charge in [-0.2, -0.15) is 5.26 Å². The van der Waals surface area contributed by atoms with Crippen LogP contribution in [-0.4, -0.2) is 9.13 Å². The van der Waals surface area contributed by atoms with Crippen LogP contribution in [0.3, 0.4) is 0 Å². The summed E-state index contributed by atoms with van der Waals surface area (Å²) in [7, 11) is 0. The summed E-state index contributed by atoms with van der Waals surface area (Å²) in [5, 5.41) is 10.0. The van der Waals surface area contributed by atoms with Gasteiger partial charge in [0.2, 0.25) is 0 Å². The number of benzene rings is 2. The van der Waals surface area contributed by atoms with Gasteiger partial charge in [0.25, 0.3) is 5.56 Å². The van der Waals surface area contributed by atoms with Crippen molar-refractivity contribution >= 4 is 21.6 Å². The van der Waals surface area contributed by atoms with E-state index in [1.165, 1.54) is 15.9 Å². The van der Waals surface area contributed by atoms with Crippen molar-refractivity contribution in [2.45, 2.75) is 33.7 Å². The number of fused-ring (bicyclic) bond motifs is 1. The monoisotopic (exact) mass is 415 g/mol. The van der Waals surface area contributed by atoms with E-state index in [9.17, 15) is 14.9 Å². The highest BCUT2D eigenvalue weighted by atomic mass is 32.1. The van der Waals surface area contributed by atoms with E-state index < -0.39 is 5.69 Å². The molecule has 0 saturated carbocycles. The first-order valence-corrected chi connectivity index (χ1v) is 10.6. The standard InChI is InChI=1S/C24H21N3O2S/c1-4-17-9-11-20(12-10-17)27-22(28)21-15(2)16(3)30-23(21)26(24(27)29)14-19-8-6-5-7-18(19)13-25/h5-12H,4,14H2,1-3H3. The van der Waals surface area contributed by atoms with Crippen molar-refractivity contribution in [3.05, 3.63) is 96.5 Å². The van der Waals surface area contributed by atoms with Crippen LogP contribution in [0.4, 0.5) is 0 Å². The Bertz CT molecular complexity index is 1420. The molecule has 2 aromatic heterocycles. The fourth-order valence-electron chi connectivity index (χ4n) is 3.64. The van der Waals surface area contributed by atoms with Crippen LogP contribution in [0.2, 0.25) is 0 Å².